The van der Waals surface area contributed by atoms with Crippen LogP contribution in [0.2, 0.25) is 0 Å². The van der Waals surface area contributed by atoms with E-state index in [2.05, 4.69) is 5.32 Å². The van der Waals surface area contributed by atoms with Crippen molar-refractivity contribution in [3.8, 4) is 0 Å². The molecular formula is C10H10N2O4. The Kier molecular flexibility index (Phi) is 2.72. The van der Waals surface area contributed by atoms with Crippen molar-refractivity contribution in [2.24, 2.45) is 0 Å². The number of nitrogens with one attached hydrogen (secondary N) is 1. The van der Waals surface area contributed by atoms with Gasteiger partial charge in [-0.15, -0.1) is 0 Å². The molecule has 1 atom stereocenters. The lowest BCUT2D eigenvalue weighted by molar-refractivity contribution is -0.385. The quantitative estimate of drug-likeness (QED) is 0.610. The Balaban J connectivity index is 2.32. The molecule has 6 nitrogen and oxygen atoms in total. The molecule has 1 N–H and O–H groups in total. The zero-order valence-corrected chi connectivity index (χ0v) is 8.38. The maximum atomic E-state index is 11.0. The molecule has 16 heavy (non-hydrogen) atoms. The van der Waals surface area contributed by atoms with Gasteiger partial charge in [0.05, 0.1) is 23.1 Å². The first-order chi connectivity index (χ1) is 7.68. The molecule has 0 unspecified atom stereocenters. The Morgan fingerprint density at radius 2 is 2.19 bits per heavy atom. The molecule has 1 aliphatic heterocycles. The second-order valence-electron chi connectivity index (χ2n) is 3.44. The van der Waals surface area contributed by atoms with Crippen LogP contribution < -0.4 is 5.32 Å². The van der Waals surface area contributed by atoms with Crippen LogP contribution >= 0.6 is 0 Å². The molecule has 84 valence electrons. The average molecular weight is 222 g/mol. The number of hydrogen-bond acceptors (Lipinski definition) is 4. The van der Waals surface area contributed by atoms with Gasteiger partial charge in [0.2, 0.25) is 0 Å². The van der Waals surface area contributed by atoms with Crippen LogP contribution in [0.4, 0.5) is 10.5 Å². The fourth-order valence-corrected chi connectivity index (χ4v) is 1.71. The molecule has 6 heteroatoms. The first-order valence-electron chi connectivity index (χ1n) is 4.85. The minimum Gasteiger partial charge on any atom is -0.449 e. The molecule has 1 aromatic carbocycles. The summed E-state index contributed by atoms with van der Waals surface area (Å²) in [5.74, 6) is 0. The van der Waals surface area contributed by atoms with Gasteiger partial charge in [-0.2, -0.15) is 0 Å². The first-order valence-corrected chi connectivity index (χ1v) is 4.85. The number of carbonyl (C=O) groups is 1. The number of rotatable bonds is 2. The fourth-order valence-electron chi connectivity index (χ4n) is 1.71. The molecule has 1 aliphatic rings. The number of para-hydroxylation sites is 1. The summed E-state index contributed by atoms with van der Waals surface area (Å²) in [7, 11) is 0. The number of alkyl carbamates (subject to hydrolysis) is 1. The van der Waals surface area contributed by atoms with Crippen LogP contribution in [-0.4, -0.2) is 17.6 Å². The highest BCUT2D eigenvalue weighted by atomic mass is 16.6. The summed E-state index contributed by atoms with van der Waals surface area (Å²) in [6, 6.07) is 6.04. The molecule has 0 bridgehead atoms. The normalized spacial score (nSPS) is 19.8. The monoisotopic (exact) mass is 222 g/mol. The summed E-state index contributed by atoms with van der Waals surface area (Å²) in [5.41, 5.74) is 0.541. The number of nitro groups is 1. The zero-order chi connectivity index (χ0) is 11.5. The van der Waals surface area contributed by atoms with Crippen molar-refractivity contribution in [2.75, 3.05) is 6.61 Å². The van der Waals surface area contributed by atoms with E-state index >= 15 is 0 Å². The summed E-state index contributed by atoms with van der Waals surface area (Å²) in [6.45, 7) is 0.280. The van der Waals surface area contributed by atoms with Gasteiger partial charge >= 0.3 is 6.09 Å². The molecule has 0 radical (unpaired) electrons. The van der Waals surface area contributed by atoms with Crippen LogP contribution in [0, 0.1) is 10.1 Å². The van der Waals surface area contributed by atoms with Gasteiger partial charge in [0.15, 0.2) is 0 Å². The summed E-state index contributed by atoms with van der Waals surface area (Å²) in [5, 5.41) is 13.4. The fraction of sp³-hybridized carbons (Fsp3) is 0.300. The smallest absolute Gasteiger partial charge is 0.407 e. The molecule has 0 aliphatic carbocycles. The average Bonchev–Trinajstić information content (AvgIpc) is 2.29. The predicted octanol–water partition coefficient (Wildman–Crippen LogP) is 1.77. The third-order valence-electron chi connectivity index (χ3n) is 2.44. The maximum absolute atomic E-state index is 11.0. The van der Waals surface area contributed by atoms with Crippen molar-refractivity contribution in [1.29, 1.82) is 0 Å². The van der Waals surface area contributed by atoms with Crippen molar-refractivity contribution in [3.63, 3.8) is 0 Å². The lowest BCUT2D eigenvalue weighted by Gasteiger charge is -2.23. The maximum Gasteiger partial charge on any atom is 0.407 e. The molecule has 1 amide bonds. The summed E-state index contributed by atoms with van der Waals surface area (Å²) < 4.78 is 4.71. The number of cyclic esters (lactones) is 1. The summed E-state index contributed by atoms with van der Waals surface area (Å²) in [4.78, 5) is 21.4. The third-order valence-corrected chi connectivity index (χ3v) is 2.44. The summed E-state index contributed by atoms with van der Waals surface area (Å²) in [6.07, 6.45) is 0.00533. The molecule has 0 saturated carbocycles. The molecular weight excluding hydrogens is 212 g/mol. The van der Waals surface area contributed by atoms with Crippen molar-refractivity contribution in [1.82, 2.24) is 5.32 Å². The number of benzene rings is 1. The van der Waals surface area contributed by atoms with Crippen LogP contribution in [0.3, 0.4) is 0 Å². The van der Waals surface area contributed by atoms with Gasteiger partial charge in [-0.3, -0.25) is 10.1 Å². The van der Waals surface area contributed by atoms with E-state index in [4.69, 9.17) is 4.74 Å². The van der Waals surface area contributed by atoms with Crippen LogP contribution in [0.15, 0.2) is 24.3 Å². The van der Waals surface area contributed by atoms with E-state index in [0.717, 1.165) is 0 Å². The van der Waals surface area contributed by atoms with Crippen LogP contribution in [0.25, 0.3) is 0 Å². The van der Waals surface area contributed by atoms with E-state index in [1.807, 2.05) is 0 Å². The van der Waals surface area contributed by atoms with Gasteiger partial charge in [0.1, 0.15) is 0 Å². The third kappa shape index (κ3) is 1.95. The Hall–Kier alpha value is -2.11. The van der Waals surface area contributed by atoms with Gasteiger partial charge in [-0.25, -0.2) is 4.79 Å². The van der Waals surface area contributed by atoms with Crippen molar-refractivity contribution in [3.05, 3.63) is 39.9 Å². The number of hydrogen-bond donors (Lipinski definition) is 1. The van der Waals surface area contributed by atoms with E-state index in [9.17, 15) is 14.9 Å². The van der Waals surface area contributed by atoms with Gasteiger partial charge in [0, 0.05) is 12.5 Å². The van der Waals surface area contributed by atoms with Crippen LogP contribution in [-0.2, 0) is 4.74 Å². The van der Waals surface area contributed by atoms with E-state index in [1.165, 1.54) is 6.07 Å². The second-order valence-corrected chi connectivity index (χ2v) is 3.44. The molecule has 1 saturated heterocycles. The lowest BCUT2D eigenvalue weighted by Crippen LogP contribution is -2.35. The van der Waals surface area contributed by atoms with Crippen molar-refractivity contribution < 1.29 is 14.5 Å². The van der Waals surface area contributed by atoms with E-state index < -0.39 is 11.0 Å². The molecule has 1 fully saturated rings. The number of amides is 1. The van der Waals surface area contributed by atoms with Gasteiger partial charge in [-0.1, -0.05) is 18.2 Å². The highest BCUT2D eigenvalue weighted by molar-refractivity contribution is 5.69. The topological polar surface area (TPSA) is 81.5 Å². The highest BCUT2D eigenvalue weighted by Gasteiger charge is 2.26. The minimum absolute atomic E-state index is 0.0229. The number of nitro benzene ring substituents is 1. The molecule has 2 rings (SSSR count). The van der Waals surface area contributed by atoms with Crippen molar-refractivity contribution in [2.45, 2.75) is 12.5 Å². The van der Waals surface area contributed by atoms with Crippen LogP contribution in [0.5, 0.6) is 0 Å². The standard InChI is InChI=1S/C10H10N2O4/c13-10-11-8(5-6-16-10)7-3-1-2-4-9(7)12(14)15/h1-4,8H,5-6H2,(H,11,13)/t8-/m0/s1. The van der Waals surface area contributed by atoms with Crippen LogP contribution in [0.1, 0.15) is 18.0 Å². The van der Waals surface area contributed by atoms with E-state index in [1.54, 1.807) is 18.2 Å². The van der Waals surface area contributed by atoms with E-state index in [0.29, 0.717) is 12.0 Å². The second kappa shape index (κ2) is 4.18. The molecule has 1 heterocycles. The Bertz CT molecular complexity index is 433. The Labute approximate surface area is 91.4 Å². The highest BCUT2D eigenvalue weighted by Crippen LogP contribution is 2.28. The Morgan fingerprint density at radius 1 is 1.44 bits per heavy atom. The largest absolute Gasteiger partial charge is 0.449 e. The molecule has 0 aromatic heterocycles. The number of nitrogens with zero attached hydrogens (tertiary/aromatic N) is 1. The van der Waals surface area contributed by atoms with Crippen molar-refractivity contribution >= 4 is 11.8 Å². The molecule has 1 aromatic rings. The minimum atomic E-state index is -0.533. The SMILES string of the molecule is O=C1N[C@H](c2ccccc2[N+](=O)[O-])CCO1. The van der Waals surface area contributed by atoms with Gasteiger partial charge in [0.25, 0.3) is 5.69 Å². The van der Waals surface area contributed by atoms with Gasteiger partial charge < -0.3 is 10.1 Å². The zero-order valence-electron chi connectivity index (χ0n) is 8.38. The van der Waals surface area contributed by atoms with Gasteiger partial charge in [-0.05, 0) is 0 Å². The Morgan fingerprint density at radius 3 is 2.88 bits per heavy atom. The summed E-state index contributed by atoms with van der Waals surface area (Å²) >= 11 is 0. The lowest BCUT2D eigenvalue weighted by atomic mass is 10.0. The first kappa shape index (κ1) is 10.4. The molecule has 0 spiro atoms. The number of ether oxygens (including phenoxy) is 1. The predicted molar refractivity (Wildman–Crippen MR) is 54.9 cm³/mol. The van der Waals surface area contributed by atoms with E-state index in [-0.39, 0.29) is 18.3 Å². The number of carbonyl (C=O) groups excluding carboxylic acids is 1.